The van der Waals surface area contributed by atoms with E-state index in [-0.39, 0.29) is 0 Å². The average molecular weight is 433 g/mol. The van der Waals surface area contributed by atoms with E-state index in [2.05, 4.69) is 40.3 Å². The minimum Gasteiger partial charge on any atom is -0.345 e. The van der Waals surface area contributed by atoms with E-state index in [1.54, 1.807) is 34.4 Å². The highest BCUT2D eigenvalue weighted by Crippen LogP contribution is 2.36. The van der Waals surface area contributed by atoms with Gasteiger partial charge < -0.3 is 9.80 Å². The Bertz CT molecular complexity index is 1110. The van der Waals surface area contributed by atoms with E-state index < -0.39 is 0 Å². The highest BCUT2D eigenvalue weighted by molar-refractivity contribution is 7.98. The third kappa shape index (κ3) is 3.16. The van der Waals surface area contributed by atoms with Crippen LogP contribution < -0.4 is 9.80 Å². The molecule has 0 unspecified atom stereocenters. The number of anilines is 2. The van der Waals surface area contributed by atoms with Gasteiger partial charge >= 0.3 is 0 Å². The van der Waals surface area contributed by atoms with Gasteiger partial charge in [-0.1, -0.05) is 46.4 Å². The van der Waals surface area contributed by atoms with Crippen molar-refractivity contribution in [1.82, 2.24) is 9.97 Å². The number of hydrogen-bond donors (Lipinski definition) is 0. The van der Waals surface area contributed by atoms with Gasteiger partial charge in [0.2, 0.25) is 0 Å². The summed E-state index contributed by atoms with van der Waals surface area (Å²) >= 11 is 11.6. The molecular formula is C19H17ClN4S3. The molecule has 8 heteroatoms. The quantitative estimate of drug-likeness (QED) is 0.393. The minimum absolute atomic E-state index is 0.729. The first-order valence-corrected chi connectivity index (χ1v) is 11.9. The van der Waals surface area contributed by atoms with E-state index in [0.717, 1.165) is 57.2 Å². The summed E-state index contributed by atoms with van der Waals surface area (Å²) in [5.74, 6) is 0. The predicted molar refractivity (Wildman–Crippen MR) is 120 cm³/mol. The SMILES string of the molecule is CSc1cccc2sc(N3CCN(c4nc5c(Cl)cccc5s4)CC3)nc12. The van der Waals surface area contributed by atoms with Gasteiger partial charge in [-0.3, -0.25) is 0 Å². The molecule has 0 spiro atoms. The van der Waals surface area contributed by atoms with Gasteiger partial charge in [0.1, 0.15) is 5.52 Å². The summed E-state index contributed by atoms with van der Waals surface area (Å²) in [6.45, 7) is 3.81. The first kappa shape index (κ1) is 17.6. The molecule has 0 bridgehead atoms. The maximum Gasteiger partial charge on any atom is 0.186 e. The van der Waals surface area contributed by atoms with E-state index in [0.29, 0.717) is 0 Å². The molecule has 27 heavy (non-hydrogen) atoms. The van der Waals surface area contributed by atoms with Crippen molar-refractivity contribution < 1.29 is 0 Å². The first-order chi connectivity index (χ1) is 13.2. The van der Waals surface area contributed by atoms with Gasteiger partial charge in [-0.15, -0.1) is 11.8 Å². The molecule has 2 aromatic heterocycles. The van der Waals surface area contributed by atoms with Crippen LogP contribution in [-0.4, -0.2) is 42.4 Å². The molecule has 4 aromatic rings. The number of fused-ring (bicyclic) bond motifs is 2. The standard InChI is InChI=1S/C19H17ClN4S3/c1-25-13-5-3-7-15-17(13)22-19(27-15)24-10-8-23(9-11-24)18-21-16-12(20)4-2-6-14(16)26-18/h2-7H,8-11H2,1H3. The van der Waals surface area contributed by atoms with Crippen molar-refractivity contribution in [2.75, 3.05) is 42.2 Å². The third-order valence-corrected chi connectivity index (χ3v) is 8.01. The molecule has 0 atom stereocenters. The highest BCUT2D eigenvalue weighted by Gasteiger charge is 2.22. The summed E-state index contributed by atoms with van der Waals surface area (Å²) in [4.78, 5) is 15.7. The lowest BCUT2D eigenvalue weighted by atomic mass is 10.3. The van der Waals surface area contributed by atoms with Crippen LogP contribution in [-0.2, 0) is 0 Å². The molecule has 4 nitrogen and oxygen atoms in total. The summed E-state index contributed by atoms with van der Waals surface area (Å²) in [6, 6.07) is 12.4. The maximum atomic E-state index is 6.28. The molecule has 0 N–H and O–H groups in total. The van der Waals surface area contributed by atoms with Crippen molar-refractivity contribution in [3.8, 4) is 0 Å². The number of benzene rings is 2. The zero-order valence-corrected chi connectivity index (χ0v) is 17.9. The van der Waals surface area contributed by atoms with E-state index in [9.17, 15) is 0 Å². The molecule has 0 amide bonds. The average Bonchev–Trinajstić information content (AvgIpc) is 3.33. The van der Waals surface area contributed by atoms with Crippen LogP contribution in [0.15, 0.2) is 41.3 Å². The number of halogens is 1. The van der Waals surface area contributed by atoms with Crippen molar-refractivity contribution in [1.29, 1.82) is 0 Å². The first-order valence-electron chi connectivity index (χ1n) is 8.71. The lowest BCUT2D eigenvalue weighted by Crippen LogP contribution is -2.46. The number of rotatable bonds is 3. The summed E-state index contributed by atoms with van der Waals surface area (Å²) in [5.41, 5.74) is 2.05. The lowest BCUT2D eigenvalue weighted by molar-refractivity contribution is 0.651. The van der Waals surface area contributed by atoms with E-state index in [1.807, 2.05) is 12.1 Å². The van der Waals surface area contributed by atoms with Crippen molar-refractivity contribution in [3.63, 3.8) is 0 Å². The number of nitrogens with zero attached hydrogens (tertiary/aromatic N) is 4. The minimum atomic E-state index is 0.729. The van der Waals surface area contributed by atoms with Crippen LogP contribution in [0, 0.1) is 0 Å². The molecule has 138 valence electrons. The molecule has 0 radical (unpaired) electrons. The normalized spacial score (nSPS) is 15.2. The topological polar surface area (TPSA) is 32.3 Å². The second kappa shape index (κ2) is 7.13. The smallest absolute Gasteiger partial charge is 0.186 e. The second-order valence-corrected chi connectivity index (χ2v) is 9.63. The fraction of sp³-hybridized carbons (Fsp3) is 0.263. The van der Waals surface area contributed by atoms with Crippen LogP contribution in [0.25, 0.3) is 20.4 Å². The number of aromatic nitrogens is 2. The van der Waals surface area contributed by atoms with E-state index in [1.165, 1.54) is 9.60 Å². The van der Waals surface area contributed by atoms with Gasteiger partial charge in [-0.2, -0.15) is 0 Å². The Morgan fingerprint density at radius 1 is 0.852 bits per heavy atom. The largest absolute Gasteiger partial charge is 0.345 e. The Morgan fingerprint density at radius 2 is 1.41 bits per heavy atom. The van der Waals surface area contributed by atoms with Crippen LogP contribution in [0.4, 0.5) is 10.3 Å². The van der Waals surface area contributed by atoms with Crippen LogP contribution in [0.5, 0.6) is 0 Å². The molecular weight excluding hydrogens is 416 g/mol. The molecule has 1 aliphatic rings. The fourth-order valence-corrected chi connectivity index (χ4v) is 6.33. The summed E-state index contributed by atoms with van der Waals surface area (Å²) < 4.78 is 2.41. The molecule has 5 rings (SSSR count). The Balaban J connectivity index is 1.36. The fourth-order valence-electron chi connectivity index (χ4n) is 3.34. The Labute approximate surface area is 174 Å². The van der Waals surface area contributed by atoms with Crippen molar-refractivity contribution in [3.05, 3.63) is 41.4 Å². The van der Waals surface area contributed by atoms with Crippen LogP contribution in [0.1, 0.15) is 0 Å². The van der Waals surface area contributed by atoms with E-state index in [4.69, 9.17) is 21.6 Å². The monoisotopic (exact) mass is 432 g/mol. The van der Waals surface area contributed by atoms with Gasteiger partial charge in [-0.05, 0) is 30.5 Å². The highest BCUT2D eigenvalue weighted by atomic mass is 35.5. The van der Waals surface area contributed by atoms with Gasteiger partial charge in [0.25, 0.3) is 0 Å². The Hall–Kier alpha value is -1.54. The Kier molecular flexibility index (Phi) is 4.63. The van der Waals surface area contributed by atoms with Gasteiger partial charge in [-0.25, -0.2) is 9.97 Å². The molecule has 3 heterocycles. The zero-order valence-electron chi connectivity index (χ0n) is 14.7. The van der Waals surface area contributed by atoms with Gasteiger partial charge in [0, 0.05) is 31.1 Å². The summed E-state index contributed by atoms with van der Waals surface area (Å²) in [6.07, 6.45) is 2.11. The van der Waals surface area contributed by atoms with Gasteiger partial charge in [0.05, 0.1) is 19.9 Å². The van der Waals surface area contributed by atoms with Crippen molar-refractivity contribution >= 4 is 76.7 Å². The molecule has 0 aliphatic carbocycles. The number of hydrogen-bond acceptors (Lipinski definition) is 7. The predicted octanol–water partition coefficient (Wildman–Crippen LogP) is 5.61. The zero-order chi connectivity index (χ0) is 18.4. The summed E-state index contributed by atoms with van der Waals surface area (Å²) in [7, 11) is 0. The number of para-hydroxylation sites is 2. The molecule has 1 saturated heterocycles. The van der Waals surface area contributed by atoms with Crippen LogP contribution >= 0.6 is 46.0 Å². The lowest BCUT2D eigenvalue weighted by Gasteiger charge is -2.34. The summed E-state index contributed by atoms with van der Waals surface area (Å²) in [5, 5.41) is 2.91. The number of thioether (sulfide) groups is 1. The second-order valence-electron chi connectivity index (χ2n) is 6.36. The number of piperazine rings is 1. The molecule has 1 aliphatic heterocycles. The van der Waals surface area contributed by atoms with Crippen LogP contribution in [0.2, 0.25) is 5.02 Å². The third-order valence-electron chi connectivity index (χ3n) is 4.77. The maximum absolute atomic E-state index is 6.28. The molecule has 0 saturated carbocycles. The molecule has 1 fully saturated rings. The Morgan fingerprint density at radius 3 is 2.00 bits per heavy atom. The van der Waals surface area contributed by atoms with Gasteiger partial charge in [0.15, 0.2) is 10.3 Å². The van der Waals surface area contributed by atoms with Crippen molar-refractivity contribution in [2.24, 2.45) is 0 Å². The molecule has 2 aromatic carbocycles. The van der Waals surface area contributed by atoms with Crippen molar-refractivity contribution in [2.45, 2.75) is 4.90 Å². The number of thiazole rings is 2. The van der Waals surface area contributed by atoms with Crippen LogP contribution in [0.3, 0.4) is 0 Å². The van der Waals surface area contributed by atoms with E-state index >= 15 is 0 Å².